The third kappa shape index (κ3) is 13.8. The van der Waals surface area contributed by atoms with Crippen molar-refractivity contribution in [2.75, 3.05) is 12.5 Å². The van der Waals surface area contributed by atoms with E-state index in [1.165, 1.54) is 6.42 Å². The Morgan fingerprint density at radius 2 is 1.59 bits per heavy atom. The van der Waals surface area contributed by atoms with Gasteiger partial charge in [0.1, 0.15) is 0 Å². The second-order valence-corrected chi connectivity index (χ2v) is 5.56. The topological polar surface area (TPSA) is 52.6 Å². The molecule has 22 heavy (non-hydrogen) atoms. The first-order valence-electron chi connectivity index (χ1n) is 7.97. The monoisotopic (exact) mass is 330 g/mol. The van der Waals surface area contributed by atoms with Crippen LogP contribution in [0.5, 0.6) is 0 Å². The van der Waals surface area contributed by atoms with Gasteiger partial charge in [0.25, 0.3) is 0 Å². The van der Waals surface area contributed by atoms with Gasteiger partial charge in [0.05, 0.1) is 6.61 Å². The normalized spacial score (nSPS) is 11.5. The molecule has 0 aromatic rings. The number of terminal acetylenes is 1. The van der Waals surface area contributed by atoms with Crippen molar-refractivity contribution in [2.45, 2.75) is 70.8 Å². The summed E-state index contributed by atoms with van der Waals surface area (Å²) in [4.78, 5) is 22.8. The van der Waals surface area contributed by atoms with E-state index in [1.54, 1.807) is 6.92 Å². The lowest BCUT2D eigenvalue weighted by molar-refractivity contribution is -0.146. The molecule has 126 valence electrons. The zero-order chi connectivity index (χ0) is 16.6. The quantitative estimate of drug-likeness (QED) is 0.223. The van der Waals surface area contributed by atoms with Crippen molar-refractivity contribution in [2.24, 2.45) is 0 Å². The minimum absolute atomic E-state index is 0.182. The smallest absolute Gasteiger partial charge is 0.307 e. The summed E-state index contributed by atoms with van der Waals surface area (Å²) in [6.45, 7) is 2.08. The first kappa shape index (κ1) is 20.8. The van der Waals surface area contributed by atoms with Crippen molar-refractivity contribution in [3.8, 4) is 12.3 Å². The van der Waals surface area contributed by atoms with Crippen LogP contribution in [0.4, 0.5) is 0 Å². The van der Waals surface area contributed by atoms with E-state index >= 15 is 0 Å². The van der Waals surface area contributed by atoms with Crippen LogP contribution in [0.2, 0.25) is 0 Å². The highest BCUT2D eigenvalue weighted by molar-refractivity contribution is 6.17. The number of alkyl halides is 1. The second kappa shape index (κ2) is 14.7. The third-order valence-corrected chi connectivity index (χ3v) is 3.36. The van der Waals surface area contributed by atoms with Crippen molar-refractivity contribution in [3.63, 3.8) is 0 Å². The van der Waals surface area contributed by atoms with E-state index < -0.39 is 6.10 Å². The summed E-state index contributed by atoms with van der Waals surface area (Å²) in [6.07, 6.45) is 11.9. The van der Waals surface area contributed by atoms with Gasteiger partial charge in [-0.25, -0.2) is 0 Å². The molecule has 0 aromatic heterocycles. The summed E-state index contributed by atoms with van der Waals surface area (Å²) in [7, 11) is 0. The standard InChI is InChI=1S/C17H27ClO4/c1-3-15(2)22-17(20)12-10-11-16(19)21-14-9-7-5-4-6-8-13-18/h1,15H,4-14H2,2H3. The van der Waals surface area contributed by atoms with Crippen molar-refractivity contribution in [3.05, 3.63) is 0 Å². The van der Waals surface area contributed by atoms with Crippen LogP contribution in [0, 0.1) is 12.3 Å². The third-order valence-electron chi connectivity index (χ3n) is 3.10. The van der Waals surface area contributed by atoms with Gasteiger partial charge in [-0.2, -0.15) is 0 Å². The minimum atomic E-state index is -0.524. The molecule has 0 saturated carbocycles. The number of carbonyl (C=O) groups excluding carboxylic acids is 2. The van der Waals surface area contributed by atoms with Gasteiger partial charge in [-0.15, -0.1) is 18.0 Å². The summed E-state index contributed by atoms with van der Waals surface area (Å²) < 4.78 is 10.0. The lowest BCUT2D eigenvalue weighted by Crippen LogP contribution is -2.13. The maximum Gasteiger partial charge on any atom is 0.307 e. The molecule has 4 nitrogen and oxygen atoms in total. The van der Waals surface area contributed by atoms with E-state index in [0.717, 1.165) is 38.0 Å². The molecular weight excluding hydrogens is 304 g/mol. The molecule has 0 saturated heterocycles. The molecule has 0 aliphatic rings. The molecule has 0 N–H and O–H groups in total. The molecule has 0 bridgehead atoms. The van der Waals surface area contributed by atoms with Gasteiger partial charge in [0.15, 0.2) is 6.10 Å². The Hall–Kier alpha value is -1.21. The zero-order valence-electron chi connectivity index (χ0n) is 13.4. The summed E-state index contributed by atoms with van der Waals surface area (Å²) in [5, 5.41) is 0. The van der Waals surface area contributed by atoms with Gasteiger partial charge in [-0.3, -0.25) is 9.59 Å². The van der Waals surface area contributed by atoms with Gasteiger partial charge in [-0.1, -0.05) is 31.6 Å². The van der Waals surface area contributed by atoms with Crippen LogP contribution in [-0.2, 0) is 19.1 Å². The Labute approximate surface area is 138 Å². The van der Waals surface area contributed by atoms with Crippen LogP contribution in [0.3, 0.4) is 0 Å². The summed E-state index contributed by atoms with van der Waals surface area (Å²) in [5.74, 6) is 2.40. The van der Waals surface area contributed by atoms with Gasteiger partial charge >= 0.3 is 11.9 Å². The minimum Gasteiger partial charge on any atom is -0.466 e. The molecule has 0 amide bonds. The van der Waals surface area contributed by atoms with E-state index in [0.29, 0.717) is 13.0 Å². The summed E-state index contributed by atoms with van der Waals surface area (Å²) in [5.41, 5.74) is 0. The van der Waals surface area contributed by atoms with Crippen LogP contribution >= 0.6 is 11.6 Å². The van der Waals surface area contributed by atoms with Gasteiger partial charge in [0.2, 0.25) is 0 Å². The average Bonchev–Trinajstić information content (AvgIpc) is 2.49. The number of unbranched alkanes of at least 4 members (excludes halogenated alkanes) is 5. The molecule has 1 unspecified atom stereocenters. The summed E-state index contributed by atoms with van der Waals surface area (Å²) in [6, 6.07) is 0. The molecule has 0 fully saturated rings. The van der Waals surface area contributed by atoms with E-state index in [9.17, 15) is 9.59 Å². The number of halogens is 1. The Morgan fingerprint density at radius 3 is 2.23 bits per heavy atom. The number of ether oxygens (including phenoxy) is 2. The number of hydrogen-bond acceptors (Lipinski definition) is 4. The maximum atomic E-state index is 11.5. The molecule has 0 spiro atoms. The van der Waals surface area contributed by atoms with Gasteiger partial charge in [-0.05, 0) is 26.2 Å². The highest BCUT2D eigenvalue weighted by Gasteiger charge is 2.09. The second-order valence-electron chi connectivity index (χ2n) is 5.18. The molecule has 0 aliphatic heterocycles. The molecule has 0 heterocycles. The average molecular weight is 331 g/mol. The van der Waals surface area contributed by atoms with Crippen LogP contribution in [0.25, 0.3) is 0 Å². The van der Waals surface area contributed by atoms with Gasteiger partial charge < -0.3 is 9.47 Å². The molecule has 0 aromatic carbocycles. The predicted molar refractivity (Wildman–Crippen MR) is 87.6 cm³/mol. The lowest BCUT2D eigenvalue weighted by atomic mass is 10.1. The Bertz CT molecular complexity index is 349. The van der Waals surface area contributed by atoms with E-state index in [1.807, 2.05) is 0 Å². The van der Waals surface area contributed by atoms with E-state index in [2.05, 4.69) is 5.92 Å². The lowest BCUT2D eigenvalue weighted by Gasteiger charge is -2.07. The Balaban J connectivity index is 3.40. The highest BCUT2D eigenvalue weighted by atomic mass is 35.5. The van der Waals surface area contributed by atoms with Crippen LogP contribution in [-0.4, -0.2) is 30.5 Å². The first-order chi connectivity index (χ1) is 10.6. The number of esters is 2. The SMILES string of the molecule is C#CC(C)OC(=O)CCCC(=O)OCCCCCCCCCl. The first-order valence-corrected chi connectivity index (χ1v) is 8.50. The molecule has 5 heteroatoms. The molecule has 0 rings (SSSR count). The fraction of sp³-hybridized carbons (Fsp3) is 0.765. The van der Waals surface area contributed by atoms with Crippen LogP contribution in [0.1, 0.15) is 64.7 Å². The van der Waals surface area contributed by atoms with Gasteiger partial charge in [0, 0.05) is 18.7 Å². The molecular formula is C17H27ClO4. The van der Waals surface area contributed by atoms with Crippen molar-refractivity contribution < 1.29 is 19.1 Å². The Morgan fingerprint density at radius 1 is 1.00 bits per heavy atom. The van der Waals surface area contributed by atoms with Crippen LogP contribution in [0.15, 0.2) is 0 Å². The number of rotatable bonds is 13. The highest BCUT2D eigenvalue weighted by Crippen LogP contribution is 2.07. The van der Waals surface area contributed by atoms with E-state index in [4.69, 9.17) is 27.5 Å². The largest absolute Gasteiger partial charge is 0.466 e. The predicted octanol–water partition coefficient (Wildman–Crippen LogP) is 3.84. The van der Waals surface area contributed by atoms with Crippen molar-refractivity contribution >= 4 is 23.5 Å². The number of hydrogen-bond donors (Lipinski definition) is 0. The summed E-state index contributed by atoms with van der Waals surface area (Å²) >= 11 is 5.60. The van der Waals surface area contributed by atoms with Crippen molar-refractivity contribution in [1.29, 1.82) is 0 Å². The Kier molecular flexibility index (Phi) is 13.9. The fourth-order valence-electron chi connectivity index (χ4n) is 1.83. The fourth-order valence-corrected chi connectivity index (χ4v) is 2.02. The number of carbonyl (C=O) groups is 2. The molecule has 0 aliphatic carbocycles. The molecule has 1 atom stereocenters. The van der Waals surface area contributed by atoms with E-state index in [-0.39, 0.29) is 24.8 Å². The molecule has 0 radical (unpaired) electrons. The van der Waals surface area contributed by atoms with Crippen LogP contribution < -0.4 is 0 Å². The maximum absolute atomic E-state index is 11.5. The van der Waals surface area contributed by atoms with Crippen molar-refractivity contribution in [1.82, 2.24) is 0 Å². The zero-order valence-corrected chi connectivity index (χ0v) is 14.2.